The van der Waals surface area contributed by atoms with Gasteiger partial charge in [-0.25, -0.2) is 0 Å². The number of ether oxygens (including phenoxy) is 2. The lowest BCUT2D eigenvalue weighted by atomic mass is 10.1. The van der Waals surface area contributed by atoms with Crippen molar-refractivity contribution in [3.05, 3.63) is 22.2 Å². The van der Waals surface area contributed by atoms with Gasteiger partial charge < -0.3 is 14.8 Å². The Morgan fingerprint density at radius 3 is 2.75 bits per heavy atom. The number of hydrogen-bond acceptors (Lipinski definition) is 3. The zero-order valence-electron chi connectivity index (χ0n) is 9.76. The van der Waals surface area contributed by atoms with Crippen molar-refractivity contribution in [2.45, 2.75) is 32.9 Å². The third-order valence-electron chi connectivity index (χ3n) is 2.31. The van der Waals surface area contributed by atoms with Crippen molar-refractivity contribution < 1.29 is 9.47 Å². The summed E-state index contributed by atoms with van der Waals surface area (Å²) < 4.78 is 11.7. The van der Waals surface area contributed by atoms with Crippen LogP contribution in [0.4, 0.5) is 0 Å². The maximum absolute atomic E-state index is 5.37. The largest absolute Gasteiger partial charge is 0.454 e. The normalized spacial score (nSPS) is 14.2. The summed E-state index contributed by atoms with van der Waals surface area (Å²) in [5.74, 6) is 1.62. The van der Waals surface area contributed by atoms with E-state index >= 15 is 0 Å². The van der Waals surface area contributed by atoms with E-state index < -0.39 is 0 Å². The SMILES string of the molecule is CC(C)(C)NCc1cc(Br)c2c(c1)OCO2. The van der Waals surface area contributed by atoms with Crippen molar-refractivity contribution >= 4 is 15.9 Å². The monoisotopic (exact) mass is 285 g/mol. The van der Waals surface area contributed by atoms with E-state index in [4.69, 9.17) is 9.47 Å². The molecule has 2 rings (SSSR count). The number of nitrogens with one attached hydrogen (secondary N) is 1. The number of hydrogen-bond donors (Lipinski definition) is 1. The van der Waals surface area contributed by atoms with E-state index in [-0.39, 0.29) is 5.54 Å². The van der Waals surface area contributed by atoms with Gasteiger partial charge in [-0.1, -0.05) is 0 Å². The van der Waals surface area contributed by atoms with E-state index in [1.54, 1.807) is 0 Å². The molecule has 0 unspecified atom stereocenters. The van der Waals surface area contributed by atoms with Crippen LogP contribution in [0.5, 0.6) is 11.5 Å². The molecule has 0 aliphatic carbocycles. The van der Waals surface area contributed by atoms with Gasteiger partial charge in [0.25, 0.3) is 0 Å². The molecule has 0 fully saturated rings. The van der Waals surface area contributed by atoms with E-state index in [2.05, 4.69) is 48.1 Å². The Morgan fingerprint density at radius 2 is 2.06 bits per heavy atom. The van der Waals surface area contributed by atoms with Gasteiger partial charge in [0, 0.05) is 12.1 Å². The second kappa shape index (κ2) is 4.26. The number of benzene rings is 1. The second-order valence-electron chi connectivity index (χ2n) is 4.91. The van der Waals surface area contributed by atoms with Crippen LogP contribution in [0.25, 0.3) is 0 Å². The molecule has 1 aromatic rings. The van der Waals surface area contributed by atoms with Gasteiger partial charge in [-0.05, 0) is 54.4 Å². The molecule has 0 aromatic heterocycles. The minimum absolute atomic E-state index is 0.114. The summed E-state index contributed by atoms with van der Waals surface area (Å²) in [7, 11) is 0. The van der Waals surface area contributed by atoms with Crippen LogP contribution in [0.2, 0.25) is 0 Å². The molecule has 88 valence electrons. The molecule has 16 heavy (non-hydrogen) atoms. The van der Waals surface area contributed by atoms with Gasteiger partial charge in [0.05, 0.1) is 4.47 Å². The number of halogens is 1. The average Bonchev–Trinajstić information content (AvgIpc) is 2.62. The van der Waals surface area contributed by atoms with Crippen molar-refractivity contribution in [3.63, 3.8) is 0 Å². The Bertz CT molecular complexity index is 399. The molecule has 0 saturated heterocycles. The van der Waals surface area contributed by atoms with Crippen molar-refractivity contribution in [1.29, 1.82) is 0 Å². The first-order chi connectivity index (χ1) is 7.46. The predicted molar refractivity (Wildman–Crippen MR) is 66.9 cm³/mol. The Kier molecular flexibility index (Phi) is 3.13. The molecule has 0 atom stereocenters. The molecule has 1 aliphatic heterocycles. The lowest BCUT2D eigenvalue weighted by molar-refractivity contribution is 0.173. The Morgan fingerprint density at radius 1 is 1.31 bits per heavy atom. The highest BCUT2D eigenvalue weighted by atomic mass is 79.9. The first-order valence-corrected chi connectivity index (χ1v) is 6.08. The van der Waals surface area contributed by atoms with Crippen molar-refractivity contribution in [2.24, 2.45) is 0 Å². The molecule has 1 N–H and O–H groups in total. The minimum Gasteiger partial charge on any atom is -0.454 e. The van der Waals surface area contributed by atoms with Crippen LogP contribution < -0.4 is 14.8 Å². The fraction of sp³-hybridized carbons (Fsp3) is 0.500. The smallest absolute Gasteiger partial charge is 0.231 e. The molecule has 0 amide bonds. The summed E-state index contributed by atoms with van der Waals surface area (Å²) in [6, 6.07) is 4.08. The summed E-state index contributed by atoms with van der Waals surface area (Å²) in [6.07, 6.45) is 0. The topological polar surface area (TPSA) is 30.5 Å². The second-order valence-corrected chi connectivity index (χ2v) is 5.77. The summed E-state index contributed by atoms with van der Waals surface area (Å²) in [5, 5.41) is 3.44. The first-order valence-electron chi connectivity index (χ1n) is 5.29. The summed E-state index contributed by atoms with van der Waals surface area (Å²) in [5.41, 5.74) is 1.30. The van der Waals surface area contributed by atoms with Crippen LogP contribution >= 0.6 is 15.9 Å². The van der Waals surface area contributed by atoms with Gasteiger partial charge in [-0.15, -0.1) is 0 Å². The van der Waals surface area contributed by atoms with Gasteiger partial charge >= 0.3 is 0 Å². The van der Waals surface area contributed by atoms with Crippen LogP contribution in [0, 0.1) is 0 Å². The van der Waals surface area contributed by atoms with Crippen LogP contribution in [0.3, 0.4) is 0 Å². The zero-order chi connectivity index (χ0) is 11.8. The van der Waals surface area contributed by atoms with Crippen LogP contribution in [0.15, 0.2) is 16.6 Å². The van der Waals surface area contributed by atoms with E-state index in [0.717, 1.165) is 22.5 Å². The highest BCUT2D eigenvalue weighted by Crippen LogP contribution is 2.39. The maximum atomic E-state index is 5.37. The van der Waals surface area contributed by atoms with Gasteiger partial charge in [-0.2, -0.15) is 0 Å². The highest BCUT2D eigenvalue weighted by Gasteiger charge is 2.18. The summed E-state index contributed by atoms with van der Waals surface area (Å²) >= 11 is 3.49. The first kappa shape index (κ1) is 11.7. The van der Waals surface area contributed by atoms with E-state index in [9.17, 15) is 0 Å². The molecule has 0 saturated carbocycles. The Hall–Kier alpha value is -0.740. The molecule has 4 heteroatoms. The molecule has 1 heterocycles. The lowest BCUT2D eigenvalue weighted by Gasteiger charge is -2.20. The van der Waals surface area contributed by atoms with Gasteiger partial charge in [-0.3, -0.25) is 0 Å². The summed E-state index contributed by atoms with van der Waals surface area (Å²) in [6.45, 7) is 7.57. The minimum atomic E-state index is 0.114. The molecule has 0 radical (unpaired) electrons. The highest BCUT2D eigenvalue weighted by molar-refractivity contribution is 9.10. The molecule has 1 aromatic carbocycles. The third-order valence-corrected chi connectivity index (χ3v) is 2.90. The molecular formula is C12H16BrNO2. The maximum Gasteiger partial charge on any atom is 0.231 e. The predicted octanol–water partition coefficient (Wildman–Crippen LogP) is 3.07. The van der Waals surface area contributed by atoms with E-state index in [1.807, 2.05) is 6.07 Å². The Balaban J connectivity index is 2.14. The molecule has 1 aliphatic rings. The third kappa shape index (κ3) is 2.68. The standard InChI is InChI=1S/C12H16BrNO2/c1-12(2,3)14-6-8-4-9(13)11-10(5-8)15-7-16-11/h4-5,14H,6-7H2,1-3H3. The number of fused-ring (bicyclic) bond motifs is 1. The summed E-state index contributed by atoms with van der Waals surface area (Å²) in [4.78, 5) is 0. The van der Waals surface area contributed by atoms with Gasteiger partial charge in [0.1, 0.15) is 0 Å². The fourth-order valence-electron chi connectivity index (χ4n) is 1.49. The molecular weight excluding hydrogens is 270 g/mol. The van der Waals surface area contributed by atoms with E-state index in [1.165, 1.54) is 5.56 Å². The van der Waals surface area contributed by atoms with E-state index in [0.29, 0.717) is 6.79 Å². The van der Waals surface area contributed by atoms with Crippen LogP contribution in [-0.4, -0.2) is 12.3 Å². The van der Waals surface area contributed by atoms with Crippen molar-refractivity contribution in [2.75, 3.05) is 6.79 Å². The average molecular weight is 286 g/mol. The number of rotatable bonds is 2. The van der Waals surface area contributed by atoms with Gasteiger partial charge in [0.15, 0.2) is 11.5 Å². The zero-order valence-corrected chi connectivity index (χ0v) is 11.3. The molecule has 0 bridgehead atoms. The van der Waals surface area contributed by atoms with Crippen LogP contribution in [0.1, 0.15) is 26.3 Å². The van der Waals surface area contributed by atoms with Crippen molar-refractivity contribution in [1.82, 2.24) is 5.32 Å². The molecule has 0 spiro atoms. The lowest BCUT2D eigenvalue weighted by Crippen LogP contribution is -2.35. The Labute approximate surface area is 104 Å². The van der Waals surface area contributed by atoms with Crippen molar-refractivity contribution in [3.8, 4) is 11.5 Å². The molecule has 3 nitrogen and oxygen atoms in total. The quantitative estimate of drug-likeness (QED) is 0.906. The fourth-order valence-corrected chi connectivity index (χ4v) is 2.09. The van der Waals surface area contributed by atoms with Gasteiger partial charge in [0.2, 0.25) is 6.79 Å². The van der Waals surface area contributed by atoms with Crippen LogP contribution in [-0.2, 0) is 6.54 Å².